The van der Waals surface area contributed by atoms with Gasteiger partial charge in [-0.1, -0.05) is 34.1 Å². The molecule has 0 aromatic heterocycles. The Bertz CT molecular complexity index is 388. The molecule has 1 N–H and O–H groups in total. The molecule has 2 aliphatic rings. The van der Waals surface area contributed by atoms with Gasteiger partial charge in [0.1, 0.15) is 6.04 Å². The Hall–Kier alpha value is -1.06. The van der Waals surface area contributed by atoms with Crippen LogP contribution in [-0.4, -0.2) is 35.8 Å². The second-order valence-corrected chi connectivity index (χ2v) is 6.96. The fourth-order valence-electron chi connectivity index (χ4n) is 3.09. The van der Waals surface area contributed by atoms with Gasteiger partial charge in [-0.2, -0.15) is 0 Å². The minimum atomic E-state index is -0.335. The molecule has 114 valence electrons. The number of nitrogens with zero attached hydrogens (tertiary/aromatic N) is 1. The van der Waals surface area contributed by atoms with E-state index in [2.05, 4.69) is 26.1 Å². The predicted molar refractivity (Wildman–Crippen MR) is 79.1 cm³/mol. The summed E-state index contributed by atoms with van der Waals surface area (Å²) in [6.45, 7) is 9.99. The zero-order chi connectivity index (χ0) is 14.9. The van der Waals surface area contributed by atoms with Gasteiger partial charge >= 0.3 is 0 Å². The van der Waals surface area contributed by atoms with Gasteiger partial charge in [-0.15, -0.1) is 0 Å². The highest BCUT2D eigenvalue weighted by atomic mass is 16.2. The molecule has 0 radical (unpaired) electrons. The molecule has 2 rings (SSSR count). The van der Waals surface area contributed by atoms with Gasteiger partial charge < -0.3 is 10.2 Å². The highest BCUT2D eigenvalue weighted by Crippen LogP contribution is 2.52. The molecule has 1 aliphatic carbocycles. The van der Waals surface area contributed by atoms with Crippen molar-refractivity contribution in [3.63, 3.8) is 0 Å². The molecule has 1 saturated carbocycles. The first-order chi connectivity index (χ1) is 9.39. The zero-order valence-electron chi connectivity index (χ0n) is 13.2. The SMILES string of the molecule is CCC(C)C1NC(=O)CCN(CC2(C(C)C)CC2)C1=O. The van der Waals surface area contributed by atoms with Crippen LogP contribution in [0, 0.1) is 17.3 Å². The van der Waals surface area contributed by atoms with Gasteiger partial charge in [0, 0.05) is 19.5 Å². The summed E-state index contributed by atoms with van der Waals surface area (Å²) in [5, 5.41) is 2.91. The maximum Gasteiger partial charge on any atom is 0.245 e. The van der Waals surface area contributed by atoms with Crippen molar-refractivity contribution in [1.29, 1.82) is 0 Å². The Morgan fingerprint density at radius 2 is 1.95 bits per heavy atom. The fraction of sp³-hybridized carbons (Fsp3) is 0.875. The summed E-state index contributed by atoms with van der Waals surface area (Å²) in [7, 11) is 0. The summed E-state index contributed by atoms with van der Waals surface area (Å²) in [4.78, 5) is 26.5. The second kappa shape index (κ2) is 5.74. The highest BCUT2D eigenvalue weighted by molar-refractivity contribution is 5.90. The van der Waals surface area contributed by atoms with Crippen LogP contribution >= 0.6 is 0 Å². The van der Waals surface area contributed by atoms with Crippen LogP contribution in [0.5, 0.6) is 0 Å². The summed E-state index contributed by atoms with van der Waals surface area (Å²) in [5.74, 6) is 0.934. The molecule has 1 saturated heterocycles. The summed E-state index contributed by atoms with van der Waals surface area (Å²) in [6.07, 6.45) is 3.76. The molecule has 1 aliphatic heterocycles. The van der Waals surface area contributed by atoms with E-state index in [9.17, 15) is 9.59 Å². The van der Waals surface area contributed by atoms with E-state index in [0.717, 1.165) is 13.0 Å². The van der Waals surface area contributed by atoms with E-state index >= 15 is 0 Å². The third kappa shape index (κ3) is 2.99. The fourth-order valence-corrected chi connectivity index (χ4v) is 3.09. The van der Waals surface area contributed by atoms with Crippen LogP contribution in [0.4, 0.5) is 0 Å². The first-order valence-corrected chi connectivity index (χ1v) is 7.98. The highest BCUT2D eigenvalue weighted by Gasteiger charge is 2.48. The predicted octanol–water partition coefficient (Wildman–Crippen LogP) is 2.19. The molecular formula is C16H28N2O2. The summed E-state index contributed by atoms with van der Waals surface area (Å²) in [6, 6.07) is -0.335. The molecule has 0 spiro atoms. The standard InChI is InChI=1S/C16H28N2O2/c1-5-12(4)14-15(20)18(9-6-13(19)17-14)10-16(7-8-16)11(2)3/h11-12,14H,5-10H2,1-4H3,(H,17,19). The molecule has 1 heterocycles. The number of hydrogen-bond donors (Lipinski definition) is 1. The van der Waals surface area contributed by atoms with E-state index in [0.29, 0.717) is 24.3 Å². The monoisotopic (exact) mass is 280 g/mol. The van der Waals surface area contributed by atoms with E-state index < -0.39 is 0 Å². The number of carbonyl (C=O) groups excluding carboxylic acids is 2. The lowest BCUT2D eigenvalue weighted by Gasteiger charge is -2.31. The molecule has 4 nitrogen and oxygen atoms in total. The van der Waals surface area contributed by atoms with Gasteiger partial charge in [0.2, 0.25) is 11.8 Å². The topological polar surface area (TPSA) is 49.4 Å². The lowest BCUT2D eigenvalue weighted by molar-refractivity contribution is -0.135. The minimum absolute atomic E-state index is 0.0144. The number of nitrogens with one attached hydrogen (secondary N) is 1. The van der Waals surface area contributed by atoms with E-state index in [1.807, 2.05) is 11.8 Å². The molecular weight excluding hydrogens is 252 g/mol. The molecule has 2 fully saturated rings. The largest absolute Gasteiger partial charge is 0.344 e. The van der Waals surface area contributed by atoms with Crippen molar-refractivity contribution >= 4 is 11.8 Å². The van der Waals surface area contributed by atoms with Gasteiger partial charge in [0.15, 0.2) is 0 Å². The van der Waals surface area contributed by atoms with Crippen LogP contribution < -0.4 is 5.32 Å². The third-order valence-corrected chi connectivity index (χ3v) is 5.34. The van der Waals surface area contributed by atoms with Crippen molar-refractivity contribution in [3.05, 3.63) is 0 Å². The van der Waals surface area contributed by atoms with Crippen molar-refractivity contribution in [2.75, 3.05) is 13.1 Å². The van der Waals surface area contributed by atoms with Crippen molar-refractivity contribution < 1.29 is 9.59 Å². The Balaban J connectivity index is 2.11. The molecule has 2 atom stereocenters. The van der Waals surface area contributed by atoms with Crippen LogP contribution in [0.25, 0.3) is 0 Å². The first-order valence-electron chi connectivity index (χ1n) is 7.98. The Kier molecular flexibility index (Phi) is 4.40. The number of hydrogen-bond acceptors (Lipinski definition) is 2. The number of rotatable bonds is 5. The van der Waals surface area contributed by atoms with E-state index in [1.54, 1.807) is 0 Å². The average molecular weight is 280 g/mol. The molecule has 0 aromatic rings. The minimum Gasteiger partial charge on any atom is -0.344 e. The van der Waals surface area contributed by atoms with E-state index in [4.69, 9.17) is 0 Å². The van der Waals surface area contributed by atoms with Crippen LogP contribution in [-0.2, 0) is 9.59 Å². The van der Waals surface area contributed by atoms with Gasteiger partial charge in [-0.3, -0.25) is 9.59 Å². The molecule has 0 aromatic carbocycles. The van der Waals surface area contributed by atoms with Crippen molar-refractivity contribution in [2.24, 2.45) is 17.3 Å². The molecule has 20 heavy (non-hydrogen) atoms. The van der Waals surface area contributed by atoms with Crippen molar-refractivity contribution in [2.45, 2.75) is 59.4 Å². The maximum atomic E-state index is 12.7. The quantitative estimate of drug-likeness (QED) is 0.839. The lowest BCUT2D eigenvalue weighted by Crippen LogP contribution is -2.49. The first kappa shape index (κ1) is 15.3. The maximum absolute atomic E-state index is 12.7. The Morgan fingerprint density at radius 3 is 2.45 bits per heavy atom. The van der Waals surface area contributed by atoms with E-state index in [1.165, 1.54) is 12.8 Å². The smallest absolute Gasteiger partial charge is 0.245 e. The van der Waals surface area contributed by atoms with Gasteiger partial charge in [0.25, 0.3) is 0 Å². The van der Waals surface area contributed by atoms with Crippen molar-refractivity contribution in [3.8, 4) is 0 Å². The van der Waals surface area contributed by atoms with Crippen LogP contribution in [0.15, 0.2) is 0 Å². The zero-order valence-corrected chi connectivity index (χ0v) is 13.2. The summed E-state index contributed by atoms with van der Waals surface area (Å²) in [5.41, 5.74) is 0.309. The number of carbonyl (C=O) groups is 2. The van der Waals surface area contributed by atoms with Gasteiger partial charge in [0.05, 0.1) is 0 Å². The normalized spacial score (nSPS) is 27.2. The van der Waals surface area contributed by atoms with Crippen LogP contribution in [0.3, 0.4) is 0 Å². The second-order valence-electron chi connectivity index (χ2n) is 6.96. The molecule has 0 bridgehead atoms. The lowest BCUT2D eigenvalue weighted by atomic mass is 9.91. The Morgan fingerprint density at radius 1 is 1.30 bits per heavy atom. The van der Waals surface area contributed by atoms with Gasteiger partial charge in [-0.25, -0.2) is 0 Å². The molecule has 4 heteroatoms. The Labute approximate surface area is 122 Å². The average Bonchev–Trinajstić information content (AvgIpc) is 3.20. The van der Waals surface area contributed by atoms with Crippen molar-refractivity contribution in [1.82, 2.24) is 10.2 Å². The van der Waals surface area contributed by atoms with Gasteiger partial charge in [-0.05, 0) is 30.1 Å². The van der Waals surface area contributed by atoms with Crippen LogP contribution in [0.2, 0.25) is 0 Å². The third-order valence-electron chi connectivity index (χ3n) is 5.34. The van der Waals surface area contributed by atoms with Crippen LogP contribution in [0.1, 0.15) is 53.4 Å². The molecule has 2 amide bonds. The van der Waals surface area contributed by atoms with E-state index in [-0.39, 0.29) is 23.8 Å². The summed E-state index contributed by atoms with van der Waals surface area (Å²) < 4.78 is 0. The number of amides is 2. The molecule has 2 unspecified atom stereocenters. The summed E-state index contributed by atoms with van der Waals surface area (Å²) >= 11 is 0.